The van der Waals surface area contributed by atoms with Crippen molar-refractivity contribution in [2.75, 3.05) is 5.73 Å². The Balaban J connectivity index is 1.97. The molecule has 2 N–H and O–H groups in total. The highest BCUT2D eigenvalue weighted by molar-refractivity contribution is 6.23. The predicted octanol–water partition coefficient (Wildman–Crippen LogP) is 1.59. The summed E-state index contributed by atoms with van der Waals surface area (Å²) in [5.41, 5.74) is 8.55. The molecule has 0 saturated heterocycles. The van der Waals surface area contributed by atoms with Crippen LogP contribution in [0.4, 0.5) is 5.69 Å². The van der Waals surface area contributed by atoms with Gasteiger partial charge in [0.05, 0.1) is 29.1 Å². The average Bonchev–Trinajstić information content (AvgIpc) is 2.93. The lowest BCUT2D eigenvalue weighted by Gasteiger charge is -2.14. The number of fused-ring (bicyclic) bond motifs is 1. The summed E-state index contributed by atoms with van der Waals surface area (Å²) in [6.07, 6.45) is 0. The maximum atomic E-state index is 12.4. The van der Waals surface area contributed by atoms with Gasteiger partial charge in [0.2, 0.25) is 0 Å². The van der Waals surface area contributed by atoms with Gasteiger partial charge in [0, 0.05) is 12.2 Å². The monoisotopic (exact) mass is 284 g/mol. The van der Waals surface area contributed by atoms with Crippen molar-refractivity contribution in [2.24, 2.45) is 0 Å². The molecular weight excluding hydrogens is 268 g/mol. The van der Waals surface area contributed by atoms with Crippen molar-refractivity contribution in [1.82, 2.24) is 14.7 Å². The fraction of sp³-hybridized carbons (Fsp3) is 0.267. The van der Waals surface area contributed by atoms with Crippen molar-refractivity contribution >= 4 is 17.5 Å². The van der Waals surface area contributed by atoms with Crippen molar-refractivity contribution in [2.45, 2.75) is 26.9 Å². The Morgan fingerprint density at radius 3 is 2.67 bits per heavy atom. The van der Waals surface area contributed by atoms with Crippen LogP contribution in [0.2, 0.25) is 0 Å². The molecule has 3 rings (SSSR count). The molecule has 0 spiro atoms. The molecule has 0 radical (unpaired) electrons. The van der Waals surface area contributed by atoms with E-state index in [4.69, 9.17) is 5.73 Å². The van der Waals surface area contributed by atoms with Crippen LogP contribution in [-0.4, -0.2) is 26.5 Å². The summed E-state index contributed by atoms with van der Waals surface area (Å²) in [4.78, 5) is 26.1. The van der Waals surface area contributed by atoms with Gasteiger partial charge < -0.3 is 5.73 Å². The Morgan fingerprint density at radius 2 is 2.00 bits per heavy atom. The molecule has 6 heteroatoms. The molecule has 108 valence electrons. The number of rotatable bonds is 3. The number of imide groups is 1. The number of amides is 2. The van der Waals surface area contributed by atoms with Crippen LogP contribution in [0.5, 0.6) is 0 Å². The highest BCUT2D eigenvalue weighted by Gasteiger charge is 2.37. The van der Waals surface area contributed by atoms with E-state index in [9.17, 15) is 9.59 Å². The minimum atomic E-state index is -0.338. The minimum absolute atomic E-state index is 0.209. The lowest BCUT2D eigenvalue weighted by atomic mass is 10.1. The van der Waals surface area contributed by atoms with Crippen LogP contribution >= 0.6 is 0 Å². The second-order valence-electron chi connectivity index (χ2n) is 5.06. The molecule has 2 amide bonds. The van der Waals surface area contributed by atoms with Gasteiger partial charge in [-0.1, -0.05) is 6.07 Å². The van der Waals surface area contributed by atoms with E-state index in [2.05, 4.69) is 5.10 Å². The SMILES string of the molecule is CCn1nc(C)cc1CN1C(=O)c2cccc(N)c2C1=O. The summed E-state index contributed by atoms with van der Waals surface area (Å²) in [6.45, 7) is 4.75. The summed E-state index contributed by atoms with van der Waals surface area (Å²) in [5.74, 6) is -0.640. The largest absolute Gasteiger partial charge is 0.398 e. The fourth-order valence-electron chi connectivity index (χ4n) is 2.67. The number of anilines is 1. The van der Waals surface area contributed by atoms with Crippen LogP contribution < -0.4 is 5.73 Å². The fourth-order valence-corrected chi connectivity index (χ4v) is 2.67. The van der Waals surface area contributed by atoms with Gasteiger partial charge >= 0.3 is 0 Å². The van der Waals surface area contributed by atoms with Gasteiger partial charge in [-0.05, 0) is 32.0 Å². The topological polar surface area (TPSA) is 81.2 Å². The molecule has 0 aliphatic carbocycles. The molecule has 1 aromatic carbocycles. The Labute approximate surface area is 122 Å². The summed E-state index contributed by atoms with van der Waals surface area (Å²) >= 11 is 0. The minimum Gasteiger partial charge on any atom is -0.398 e. The smallest absolute Gasteiger partial charge is 0.264 e. The first-order chi connectivity index (χ1) is 10.0. The van der Waals surface area contributed by atoms with Crippen LogP contribution in [-0.2, 0) is 13.1 Å². The Morgan fingerprint density at radius 1 is 1.24 bits per heavy atom. The Bertz CT molecular complexity index is 748. The molecule has 0 atom stereocenters. The molecule has 2 heterocycles. The van der Waals surface area contributed by atoms with Crippen molar-refractivity contribution in [3.8, 4) is 0 Å². The second-order valence-corrected chi connectivity index (χ2v) is 5.06. The standard InChI is InChI=1S/C15H16N4O2/c1-3-19-10(7-9(2)17-19)8-18-14(20)11-5-4-6-12(16)13(11)15(18)21/h4-7H,3,8,16H2,1-2H3. The van der Waals surface area contributed by atoms with E-state index in [0.29, 0.717) is 23.4 Å². The second kappa shape index (κ2) is 4.73. The van der Waals surface area contributed by atoms with Gasteiger partial charge in [-0.15, -0.1) is 0 Å². The number of hydrogen-bond acceptors (Lipinski definition) is 4. The molecule has 1 aliphatic heterocycles. The van der Waals surface area contributed by atoms with Crippen LogP contribution in [0.1, 0.15) is 39.0 Å². The average molecular weight is 284 g/mol. The van der Waals surface area contributed by atoms with E-state index in [1.54, 1.807) is 22.9 Å². The lowest BCUT2D eigenvalue weighted by molar-refractivity contribution is 0.0638. The van der Waals surface area contributed by atoms with Gasteiger partial charge in [-0.25, -0.2) is 0 Å². The van der Waals surface area contributed by atoms with Gasteiger partial charge in [-0.3, -0.25) is 19.2 Å². The summed E-state index contributed by atoms with van der Waals surface area (Å²) in [6, 6.07) is 6.84. The number of benzene rings is 1. The molecule has 1 aliphatic rings. The molecule has 0 saturated carbocycles. The van der Waals surface area contributed by atoms with E-state index in [0.717, 1.165) is 11.4 Å². The number of carbonyl (C=O) groups excluding carboxylic acids is 2. The molecule has 6 nitrogen and oxygen atoms in total. The maximum Gasteiger partial charge on any atom is 0.264 e. The van der Waals surface area contributed by atoms with Crippen LogP contribution in [0.25, 0.3) is 0 Å². The van der Waals surface area contributed by atoms with Gasteiger partial charge in [0.1, 0.15) is 0 Å². The van der Waals surface area contributed by atoms with E-state index < -0.39 is 0 Å². The first-order valence-electron chi connectivity index (χ1n) is 6.81. The number of aryl methyl sites for hydroxylation is 2. The number of aromatic nitrogens is 2. The van der Waals surface area contributed by atoms with Crippen molar-refractivity contribution in [1.29, 1.82) is 0 Å². The Kier molecular flexibility index (Phi) is 3.01. The maximum absolute atomic E-state index is 12.4. The van der Waals surface area contributed by atoms with E-state index >= 15 is 0 Å². The summed E-state index contributed by atoms with van der Waals surface area (Å²) in [7, 11) is 0. The first-order valence-corrected chi connectivity index (χ1v) is 6.81. The molecule has 2 aromatic rings. The van der Waals surface area contributed by atoms with E-state index in [1.165, 1.54) is 4.90 Å². The van der Waals surface area contributed by atoms with Gasteiger partial charge in [-0.2, -0.15) is 5.10 Å². The molecule has 0 bridgehead atoms. The number of nitrogens with zero attached hydrogens (tertiary/aromatic N) is 3. The third-order valence-electron chi connectivity index (χ3n) is 3.64. The van der Waals surface area contributed by atoms with E-state index in [-0.39, 0.29) is 18.4 Å². The normalized spacial score (nSPS) is 13.9. The van der Waals surface area contributed by atoms with Crippen molar-refractivity contribution in [3.63, 3.8) is 0 Å². The molecule has 1 aromatic heterocycles. The number of hydrogen-bond donors (Lipinski definition) is 1. The summed E-state index contributed by atoms with van der Waals surface area (Å²) < 4.78 is 1.79. The quantitative estimate of drug-likeness (QED) is 0.685. The van der Waals surface area contributed by atoms with Crippen LogP contribution in [0.15, 0.2) is 24.3 Å². The van der Waals surface area contributed by atoms with Crippen molar-refractivity contribution < 1.29 is 9.59 Å². The zero-order valence-electron chi connectivity index (χ0n) is 12.0. The van der Waals surface area contributed by atoms with Crippen molar-refractivity contribution in [3.05, 3.63) is 46.8 Å². The number of nitrogen functional groups attached to an aromatic ring is 1. The molecule has 0 unspecified atom stereocenters. The first kappa shape index (κ1) is 13.4. The third-order valence-corrected chi connectivity index (χ3v) is 3.64. The predicted molar refractivity (Wildman–Crippen MR) is 77.7 cm³/mol. The molecular formula is C15H16N4O2. The highest BCUT2D eigenvalue weighted by atomic mass is 16.2. The lowest BCUT2D eigenvalue weighted by Crippen LogP contribution is -2.30. The molecule has 21 heavy (non-hydrogen) atoms. The highest BCUT2D eigenvalue weighted by Crippen LogP contribution is 2.28. The third kappa shape index (κ3) is 1.99. The molecule has 0 fully saturated rings. The van der Waals surface area contributed by atoms with Crippen LogP contribution in [0, 0.1) is 6.92 Å². The zero-order chi connectivity index (χ0) is 15.1. The zero-order valence-corrected chi connectivity index (χ0v) is 12.0. The Hall–Kier alpha value is -2.63. The van der Waals surface area contributed by atoms with Gasteiger partial charge in [0.25, 0.3) is 11.8 Å². The van der Waals surface area contributed by atoms with Crippen LogP contribution in [0.3, 0.4) is 0 Å². The van der Waals surface area contributed by atoms with E-state index in [1.807, 2.05) is 19.9 Å². The number of carbonyl (C=O) groups is 2. The number of nitrogens with two attached hydrogens (primary N) is 1. The summed E-state index contributed by atoms with van der Waals surface area (Å²) in [5, 5.41) is 4.33. The van der Waals surface area contributed by atoms with Gasteiger partial charge in [0.15, 0.2) is 0 Å².